The molecule has 0 fully saturated rings. The average Bonchev–Trinajstić information content (AvgIpc) is 3.35. The molecule has 7 aromatic rings. The van der Waals surface area contributed by atoms with Gasteiger partial charge in [0.2, 0.25) is 0 Å². The molecule has 2 heterocycles. The molecule has 0 amide bonds. The molecule has 0 spiro atoms. The van der Waals surface area contributed by atoms with Crippen LogP contribution in [0.4, 0.5) is 0 Å². The van der Waals surface area contributed by atoms with Crippen molar-refractivity contribution in [3.8, 4) is 33.9 Å². The van der Waals surface area contributed by atoms with E-state index in [4.69, 9.17) is 9.97 Å². The first-order valence-corrected chi connectivity index (χ1v) is 18.9. The predicted octanol–water partition coefficient (Wildman–Crippen LogP) is 13.8. The van der Waals surface area contributed by atoms with Gasteiger partial charge in [-0.05, 0) is 84.5 Å². The Morgan fingerprint density at radius 3 is 1.72 bits per heavy atom. The number of hydrogen-bond donors (Lipinski definition) is 0. The molecule has 0 saturated carbocycles. The molecule has 0 N–H and O–H groups in total. The summed E-state index contributed by atoms with van der Waals surface area (Å²) in [5.41, 5.74) is 13.8. The zero-order valence-corrected chi connectivity index (χ0v) is 31.7. The summed E-state index contributed by atoms with van der Waals surface area (Å²) in [6, 6.07) is 45.3. The molecule has 5 aromatic carbocycles. The zero-order valence-electron chi connectivity index (χ0n) is 31.7. The number of hydrogen-bond acceptors (Lipinski definition) is 2. The fourth-order valence-corrected chi connectivity index (χ4v) is 6.77. The van der Waals surface area contributed by atoms with Crippen molar-refractivity contribution in [3.05, 3.63) is 181 Å². The Kier molecular flexibility index (Phi) is 12.1. The van der Waals surface area contributed by atoms with E-state index in [1.54, 1.807) is 6.08 Å². The lowest BCUT2D eigenvalue weighted by molar-refractivity contribution is 1.12. The van der Waals surface area contributed by atoms with Crippen LogP contribution in [0.2, 0.25) is 0 Å². The highest BCUT2D eigenvalue weighted by molar-refractivity contribution is 6.10. The van der Waals surface area contributed by atoms with Gasteiger partial charge in [-0.2, -0.15) is 0 Å². The molecule has 1 aliphatic carbocycles. The van der Waals surface area contributed by atoms with Gasteiger partial charge in [-0.25, -0.2) is 9.97 Å². The highest BCUT2D eigenvalue weighted by Gasteiger charge is 2.16. The number of fused-ring (bicyclic) bond motifs is 3. The van der Waals surface area contributed by atoms with E-state index in [1.807, 2.05) is 45.0 Å². The molecule has 0 atom stereocenters. The zero-order chi connectivity index (χ0) is 37.2. The van der Waals surface area contributed by atoms with E-state index in [9.17, 15) is 0 Å². The Morgan fingerprint density at radius 1 is 0.604 bits per heavy atom. The summed E-state index contributed by atoms with van der Waals surface area (Å²) in [6.45, 7) is 13.7. The molecule has 0 aliphatic heterocycles. The van der Waals surface area contributed by atoms with Crippen molar-refractivity contribution in [2.24, 2.45) is 0 Å². The van der Waals surface area contributed by atoms with E-state index in [-0.39, 0.29) is 0 Å². The summed E-state index contributed by atoms with van der Waals surface area (Å²) >= 11 is 0. The maximum absolute atomic E-state index is 5.07. The third-order valence-corrected chi connectivity index (χ3v) is 9.40. The largest absolute Gasteiger partial charge is 0.313 e. The fourth-order valence-electron chi connectivity index (χ4n) is 6.77. The van der Waals surface area contributed by atoms with Gasteiger partial charge in [0.25, 0.3) is 0 Å². The van der Waals surface area contributed by atoms with Crippen LogP contribution in [0.1, 0.15) is 57.7 Å². The van der Waals surface area contributed by atoms with Gasteiger partial charge in [-0.3, -0.25) is 0 Å². The van der Waals surface area contributed by atoms with Gasteiger partial charge in [0.05, 0.1) is 22.4 Å². The van der Waals surface area contributed by atoms with Crippen molar-refractivity contribution in [1.82, 2.24) is 14.5 Å². The topological polar surface area (TPSA) is 30.7 Å². The van der Waals surface area contributed by atoms with E-state index in [1.165, 1.54) is 44.2 Å². The average molecular weight is 692 g/mol. The molecule has 3 heteroatoms. The molecule has 3 nitrogen and oxygen atoms in total. The summed E-state index contributed by atoms with van der Waals surface area (Å²) in [5.74, 6) is 0.724. The number of allylic oxidation sites excluding steroid dienone is 7. The van der Waals surface area contributed by atoms with Crippen LogP contribution in [0.15, 0.2) is 164 Å². The van der Waals surface area contributed by atoms with Crippen LogP contribution in [-0.4, -0.2) is 14.5 Å². The van der Waals surface area contributed by atoms with E-state index < -0.39 is 0 Å². The van der Waals surface area contributed by atoms with E-state index in [2.05, 4.69) is 152 Å². The summed E-state index contributed by atoms with van der Waals surface area (Å²) in [4.78, 5) is 10.0. The first-order valence-electron chi connectivity index (χ1n) is 18.9. The molecular weight excluding hydrogens is 643 g/mol. The number of aryl methyl sites for hydroxylation is 2. The molecule has 0 radical (unpaired) electrons. The van der Waals surface area contributed by atoms with E-state index in [0.29, 0.717) is 0 Å². The third-order valence-electron chi connectivity index (χ3n) is 9.40. The quantitative estimate of drug-likeness (QED) is 0.156. The molecular formula is C50H49N3. The monoisotopic (exact) mass is 691 g/mol. The summed E-state index contributed by atoms with van der Waals surface area (Å²) in [6.07, 6.45) is 13.8. The first-order chi connectivity index (χ1) is 26.1. The van der Waals surface area contributed by atoms with Gasteiger partial charge in [-0.1, -0.05) is 143 Å². The molecule has 8 rings (SSSR count). The maximum atomic E-state index is 5.07. The summed E-state index contributed by atoms with van der Waals surface area (Å²) in [5, 5.41) is 2.67. The second-order valence-electron chi connectivity index (χ2n) is 12.8. The van der Waals surface area contributed by atoms with Gasteiger partial charge in [0.15, 0.2) is 5.82 Å². The van der Waals surface area contributed by atoms with Crippen LogP contribution in [0.5, 0.6) is 0 Å². The molecule has 53 heavy (non-hydrogen) atoms. The first kappa shape index (κ1) is 36.7. The van der Waals surface area contributed by atoms with Gasteiger partial charge in [-0.15, -0.1) is 6.58 Å². The van der Waals surface area contributed by atoms with Gasteiger partial charge in [0.1, 0.15) is 0 Å². The van der Waals surface area contributed by atoms with E-state index in [0.717, 1.165) is 58.7 Å². The van der Waals surface area contributed by atoms with Crippen molar-refractivity contribution in [2.45, 2.75) is 53.9 Å². The Labute approximate surface area is 315 Å². The van der Waals surface area contributed by atoms with Crippen molar-refractivity contribution < 1.29 is 0 Å². The molecule has 0 bridgehead atoms. The van der Waals surface area contributed by atoms with E-state index >= 15 is 0 Å². The molecule has 264 valence electrons. The summed E-state index contributed by atoms with van der Waals surface area (Å²) in [7, 11) is 0. The SMILES string of the molecule is C=CC.CC.CCc1ccc2c(c1)c1cc(CC)ccc1n2C1=CC=C(c2cccc(-c3cc(-c4ccccc4)nc(-c4ccccc4)n3)c2)C=CC1. The fraction of sp³-hybridized carbons (Fsp3) is 0.160. The highest BCUT2D eigenvalue weighted by Crippen LogP contribution is 2.36. The molecule has 1 aliphatic rings. The van der Waals surface area contributed by atoms with Crippen molar-refractivity contribution in [3.63, 3.8) is 0 Å². The van der Waals surface area contributed by atoms with Gasteiger partial charge < -0.3 is 4.57 Å². The second kappa shape index (κ2) is 17.4. The van der Waals surface area contributed by atoms with Crippen LogP contribution in [0.25, 0.3) is 67.0 Å². The number of benzene rings is 5. The molecule has 0 saturated heterocycles. The normalized spacial score (nSPS) is 12.2. The van der Waals surface area contributed by atoms with Crippen molar-refractivity contribution >= 4 is 33.1 Å². The van der Waals surface area contributed by atoms with Crippen LogP contribution in [0, 0.1) is 0 Å². The molecule has 0 unspecified atom stereocenters. The summed E-state index contributed by atoms with van der Waals surface area (Å²) < 4.78 is 2.46. The maximum Gasteiger partial charge on any atom is 0.160 e. The lowest BCUT2D eigenvalue weighted by Crippen LogP contribution is -1.96. The van der Waals surface area contributed by atoms with Crippen molar-refractivity contribution in [1.29, 1.82) is 0 Å². The minimum Gasteiger partial charge on any atom is -0.313 e. The Hall–Kier alpha value is -6.06. The Bertz CT molecular complexity index is 2310. The van der Waals surface area contributed by atoms with Crippen LogP contribution >= 0.6 is 0 Å². The lowest BCUT2D eigenvalue weighted by Gasteiger charge is -2.11. The third kappa shape index (κ3) is 8.05. The number of rotatable bonds is 7. The number of nitrogens with zero attached hydrogens (tertiary/aromatic N) is 3. The van der Waals surface area contributed by atoms with Crippen LogP contribution < -0.4 is 0 Å². The Morgan fingerprint density at radius 2 is 1.13 bits per heavy atom. The number of aromatic nitrogens is 3. The smallest absolute Gasteiger partial charge is 0.160 e. The minimum absolute atomic E-state index is 0.724. The molecule has 2 aromatic heterocycles. The van der Waals surface area contributed by atoms with Gasteiger partial charge in [0, 0.05) is 39.6 Å². The van der Waals surface area contributed by atoms with Crippen molar-refractivity contribution in [2.75, 3.05) is 0 Å². The predicted molar refractivity (Wildman–Crippen MR) is 230 cm³/mol. The minimum atomic E-state index is 0.724. The van der Waals surface area contributed by atoms with Gasteiger partial charge >= 0.3 is 0 Å². The lowest BCUT2D eigenvalue weighted by atomic mass is 10.00. The standard InChI is InChI=1S/C45H37N3.C3H6.C2H6/c1-3-31-21-25-43-39(27-31)40-28-32(4-2)22-26-44(40)48(43)38-20-12-17-33(23-24-38)36-18-11-19-37(29-36)42-30-41(34-13-7-5-8-14-34)46-45(47-42)35-15-9-6-10-16-35;1-3-2;1-2/h5-19,21-30H,3-4,20H2,1-2H3;3H,1H2,2H3;1-2H3. The highest BCUT2D eigenvalue weighted by atomic mass is 15.0. The van der Waals surface area contributed by atoms with Crippen LogP contribution in [-0.2, 0) is 12.8 Å². The van der Waals surface area contributed by atoms with Crippen LogP contribution in [0.3, 0.4) is 0 Å². The Balaban J connectivity index is 0.000000916. The second-order valence-corrected chi connectivity index (χ2v) is 12.8.